The normalized spacial score (nSPS) is 13.7. The summed E-state index contributed by atoms with van der Waals surface area (Å²) in [5.41, 5.74) is 21.6. The number of guanidine groups is 2. The van der Waals surface area contributed by atoms with Crippen LogP contribution in [0.4, 0.5) is 0 Å². The number of hydrogen-bond donors (Lipinski definition) is 7. The fourth-order valence-electron chi connectivity index (χ4n) is 4.49. The number of aliphatic hydroxyl groups is 1. The number of nitrogens with one attached hydrogen (secondary N) is 2. The lowest BCUT2D eigenvalue weighted by Gasteiger charge is -2.25. The molecule has 0 bridgehead atoms. The Morgan fingerprint density at radius 3 is 1.91 bits per heavy atom. The van der Waals surface area contributed by atoms with Gasteiger partial charge in [0.05, 0.1) is 24.6 Å². The highest BCUT2D eigenvalue weighted by Gasteiger charge is 2.32. The Labute approximate surface area is 261 Å². The van der Waals surface area contributed by atoms with E-state index in [0.717, 1.165) is 11.3 Å². The molecular weight excluding hydrogens is 590 g/mol. The molecule has 1 heterocycles. The number of amides is 2. The van der Waals surface area contributed by atoms with Crippen molar-refractivity contribution < 1.29 is 29.1 Å². The SMILES string of the molecule is CC(=O)C[C@@H](CO)C(=O)N[C@H](CCCN=C(N)N)C(=O)C[C@@H](CC(C)C)C(=O)N[C@@H](CCCN=C(N)N)C(=O)c1nccs1. The highest BCUT2D eigenvalue weighted by Crippen LogP contribution is 2.20. The van der Waals surface area contributed by atoms with Crippen molar-refractivity contribution in [1.29, 1.82) is 0 Å². The molecule has 0 aliphatic heterocycles. The van der Waals surface area contributed by atoms with E-state index in [4.69, 9.17) is 22.9 Å². The summed E-state index contributed by atoms with van der Waals surface area (Å²) < 4.78 is 0. The van der Waals surface area contributed by atoms with Crippen molar-refractivity contribution in [3.05, 3.63) is 16.6 Å². The van der Waals surface area contributed by atoms with Gasteiger partial charge in [0.1, 0.15) is 5.78 Å². The molecule has 0 saturated carbocycles. The zero-order chi connectivity index (χ0) is 33.2. The number of aliphatic hydroxyl groups excluding tert-OH is 1. The predicted molar refractivity (Wildman–Crippen MR) is 169 cm³/mol. The van der Waals surface area contributed by atoms with Crippen molar-refractivity contribution in [2.24, 2.45) is 50.7 Å². The minimum absolute atomic E-state index is 0.0257. The van der Waals surface area contributed by atoms with E-state index in [-0.39, 0.29) is 73.2 Å². The largest absolute Gasteiger partial charge is 0.396 e. The third-order valence-corrected chi connectivity index (χ3v) is 7.36. The quantitative estimate of drug-likeness (QED) is 0.0372. The first-order chi connectivity index (χ1) is 20.7. The first-order valence-corrected chi connectivity index (χ1v) is 15.4. The summed E-state index contributed by atoms with van der Waals surface area (Å²) in [6.45, 7) is 5.00. The van der Waals surface area contributed by atoms with Gasteiger partial charge in [0.15, 0.2) is 22.7 Å². The molecule has 0 fully saturated rings. The van der Waals surface area contributed by atoms with Crippen molar-refractivity contribution in [2.75, 3.05) is 19.7 Å². The molecule has 0 saturated heterocycles. The minimum atomic E-state index is -1.02. The number of Topliss-reactive ketones (excluding diaryl/α,β-unsaturated/α-hetero) is 3. The number of thiazole rings is 1. The predicted octanol–water partition coefficient (Wildman–Crippen LogP) is -0.388. The van der Waals surface area contributed by atoms with E-state index >= 15 is 0 Å². The number of rotatable bonds is 22. The summed E-state index contributed by atoms with van der Waals surface area (Å²) in [6, 6.07) is -1.94. The van der Waals surface area contributed by atoms with E-state index in [2.05, 4.69) is 25.6 Å². The van der Waals surface area contributed by atoms with E-state index in [9.17, 15) is 29.1 Å². The van der Waals surface area contributed by atoms with Crippen LogP contribution in [0.1, 0.15) is 75.5 Å². The summed E-state index contributed by atoms with van der Waals surface area (Å²) in [5, 5.41) is 17.0. The van der Waals surface area contributed by atoms with Crippen molar-refractivity contribution in [3.8, 4) is 0 Å². The number of aromatic nitrogens is 1. The molecule has 0 aromatic carbocycles. The molecular formula is C28H47N9O6S. The lowest BCUT2D eigenvalue weighted by atomic mass is 9.88. The van der Waals surface area contributed by atoms with E-state index in [0.29, 0.717) is 19.3 Å². The van der Waals surface area contributed by atoms with Crippen molar-refractivity contribution in [1.82, 2.24) is 15.6 Å². The third kappa shape index (κ3) is 15.0. The Morgan fingerprint density at radius 1 is 0.886 bits per heavy atom. The van der Waals surface area contributed by atoms with Crippen LogP contribution < -0.4 is 33.6 Å². The van der Waals surface area contributed by atoms with Crippen molar-refractivity contribution in [2.45, 2.75) is 77.8 Å². The van der Waals surface area contributed by atoms with Gasteiger partial charge < -0.3 is 43.5 Å². The van der Waals surface area contributed by atoms with Crippen LogP contribution in [0.2, 0.25) is 0 Å². The van der Waals surface area contributed by atoms with E-state index < -0.39 is 48.1 Å². The Morgan fingerprint density at radius 2 is 1.43 bits per heavy atom. The van der Waals surface area contributed by atoms with Crippen LogP contribution in [0.5, 0.6) is 0 Å². The Balaban J connectivity index is 3.17. The standard InChI is InChI=1S/C28H47N9O6S/c1-16(2)12-18(24(42)37-21(7-5-9-35-28(31)32)23(41)26-33-10-11-44-26)14-22(40)20(6-4-8-34-27(29)30)36-25(43)19(15-38)13-17(3)39/h10-11,16,18-21,38H,4-9,12-15H2,1-3H3,(H,36,43)(H,37,42)(H4,29,30,34)(H4,31,32,35)/t18-,19+,20-,21+/m1/s1. The zero-order valence-electron chi connectivity index (χ0n) is 25.7. The van der Waals surface area contributed by atoms with Gasteiger partial charge in [0.25, 0.3) is 0 Å². The zero-order valence-corrected chi connectivity index (χ0v) is 26.5. The number of carbonyl (C=O) groups is 5. The lowest BCUT2D eigenvalue weighted by molar-refractivity contribution is -0.134. The monoisotopic (exact) mass is 637 g/mol. The molecule has 1 aromatic heterocycles. The van der Waals surface area contributed by atoms with Gasteiger partial charge in [-0.2, -0.15) is 0 Å². The first kappa shape index (κ1) is 38.1. The van der Waals surface area contributed by atoms with Gasteiger partial charge >= 0.3 is 0 Å². The molecule has 246 valence electrons. The van der Waals surface area contributed by atoms with Crippen molar-refractivity contribution >= 4 is 52.4 Å². The maximum atomic E-state index is 13.6. The van der Waals surface area contributed by atoms with E-state index in [1.165, 1.54) is 13.1 Å². The van der Waals surface area contributed by atoms with Gasteiger partial charge in [-0.25, -0.2) is 4.98 Å². The molecule has 11 N–H and O–H groups in total. The topological polar surface area (TPSA) is 271 Å². The van der Waals surface area contributed by atoms with Gasteiger partial charge in [-0.3, -0.25) is 29.2 Å². The molecule has 16 heteroatoms. The van der Waals surface area contributed by atoms with E-state index in [1.54, 1.807) is 5.38 Å². The van der Waals surface area contributed by atoms with Crippen LogP contribution in [0.3, 0.4) is 0 Å². The summed E-state index contributed by atoms with van der Waals surface area (Å²) in [5.74, 6) is -4.21. The van der Waals surface area contributed by atoms with Crippen molar-refractivity contribution in [3.63, 3.8) is 0 Å². The van der Waals surface area contributed by atoms with Crippen LogP contribution in [-0.4, -0.2) is 83.0 Å². The molecule has 0 spiro atoms. The second kappa shape index (κ2) is 20.1. The average molecular weight is 638 g/mol. The van der Waals surface area contributed by atoms with Gasteiger partial charge in [-0.15, -0.1) is 11.3 Å². The van der Waals surface area contributed by atoms with Gasteiger partial charge in [-0.1, -0.05) is 13.8 Å². The lowest BCUT2D eigenvalue weighted by Crippen LogP contribution is -2.47. The number of nitrogens with two attached hydrogens (primary N) is 4. The third-order valence-electron chi connectivity index (χ3n) is 6.57. The van der Waals surface area contributed by atoms with E-state index in [1.807, 2.05) is 13.8 Å². The molecule has 4 atom stereocenters. The number of ketones is 3. The maximum Gasteiger partial charge on any atom is 0.226 e. The van der Waals surface area contributed by atoms with Crippen LogP contribution in [0.15, 0.2) is 21.6 Å². The second-order valence-corrected chi connectivity index (χ2v) is 11.9. The molecule has 1 aromatic rings. The minimum Gasteiger partial charge on any atom is -0.396 e. The Bertz CT molecular complexity index is 1150. The molecule has 0 unspecified atom stereocenters. The first-order valence-electron chi connectivity index (χ1n) is 14.5. The molecule has 0 aliphatic carbocycles. The molecule has 15 nitrogen and oxygen atoms in total. The van der Waals surface area contributed by atoms with Gasteiger partial charge in [-0.05, 0) is 44.9 Å². The number of hydrogen-bond acceptors (Lipinski definition) is 10. The van der Waals surface area contributed by atoms with Gasteiger partial charge in [0, 0.05) is 43.4 Å². The van der Waals surface area contributed by atoms with Crippen LogP contribution in [0, 0.1) is 17.8 Å². The van der Waals surface area contributed by atoms with Gasteiger partial charge in [0.2, 0.25) is 17.6 Å². The molecule has 2 amide bonds. The number of aliphatic imine (C=N–C) groups is 2. The molecule has 1 rings (SSSR count). The number of carbonyl (C=O) groups excluding carboxylic acids is 5. The van der Waals surface area contributed by atoms with Crippen LogP contribution >= 0.6 is 11.3 Å². The summed E-state index contributed by atoms with van der Waals surface area (Å²) >= 11 is 1.15. The fourth-order valence-corrected chi connectivity index (χ4v) is 5.12. The Kier molecular flexibility index (Phi) is 17.4. The van der Waals surface area contributed by atoms with Crippen LogP contribution in [0.25, 0.3) is 0 Å². The molecule has 0 radical (unpaired) electrons. The molecule has 0 aliphatic rings. The molecule has 44 heavy (non-hydrogen) atoms. The highest BCUT2D eigenvalue weighted by molar-refractivity contribution is 7.11. The number of nitrogens with zero attached hydrogens (tertiary/aromatic N) is 3. The average Bonchev–Trinajstić information content (AvgIpc) is 3.48. The summed E-state index contributed by atoms with van der Waals surface area (Å²) in [7, 11) is 0. The second-order valence-electron chi connectivity index (χ2n) is 11.0. The maximum absolute atomic E-state index is 13.6. The fraction of sp³-hybridized carbons (Fsp3) is 0.643. The Hall–Kier alpha value is -3.92. The highest BCUT2D eigenvalue weighted by atomic mass is 32.1. The van der Waals surface area contributed by atoms with Crippen LogP contribution in [-0.2, 0) is 19.2 Å². The smallest absolute Gasteiger partial charge is 0.226 e. The summed E-state index contributed by atoms with van der Waals surface area (Å²) in [4.78, 5) is 76.7. The summed E-state index contributed by atoms with van der Waals surface area (Å²) in [6.07, 6.45) is 2.57.